The Balaban J connectivity index is 2.28. The number of carbonyl (C=O) groups is 2. The molecule has 0 radical (unpaired) electrons. The van der Waals surface area contributed by atoms with Gasteiger partial charge in [-0.05, 0) is 36.4 Å². The second kappa shape index (κ2) is 12.6. The quantitative estimate of drug-likeness (QED) is 0.311. The van der Waals surface area contributed by atoms with E-state index in [2.05, 4.69) is 4.84 Å². The zero-order chi connectivity index (χ0) is 25.1. The van der Waals surface area contributed by atoms with Crippen LogP contribution in [0.5, 0.6) is 11.5 Å². The van der Waals surface area contributed by atoms with Crippen molar-refractivity contribution in [2.75, 3.05) is 38.5 Å². The van der Waals surface area contributed by atoms with Crippen LogP contribution in [0.1, 0.15) is 10.4 Å². The average molecular weight is 486 g/mol. The second-order valence-corrected chi connectivity index (χ2v) is 6.60. The lowest BCUT2D eigenvalue weighted by Crippen LogP contribution is -2.38. The van der Waals surface area contributed by atoms with E-state index in [4.69, 9.17) is 19.9 Å². The fourth-order valence-corrected chi connectivity index (χ4v) is 2.41. The number of rotatable bonds is 10. The first-order valence-electron chi connectivity index (χ1n) is 9.76. The van der Waals surface area contributed by atoms with E-state index in [0.29, 0.717) is 6.33 Å². The minimum atomic E-state index is -5.34. The Kier molecular flexibility index (Phi) is 9.83. The first-order valence-corrected chi connectivity index (χ1v) is 9.76. The number of benzene rings is 2. The molecule has 0 fully saturated rings. The number of carbonyl (C=O) groups excluding carboxylic acids is 2. The summed E-state index contributed by atoms with van der Waals surface area (Å²) in [4.78, 5) is 28.8. The molecule has 0 aliphatic carbocycles. The van der Waals surface area contributed by atoms with Crippen LogP contribution in [0.3, 0.4) is 0 Å². The van der Waals surface area contributed by atoms with Gasteiger partial charge in [-0.1, -0.05) is 6.07 Å². The van der Waals surface area contributed by atoms with Crippen LogP contribution in [-0.2, 0) is 14.4 Å². The number of ether oxygens (including phenoxy) is 3. The first-order chi connectivity index (χ1) is 16.2. The number of halogens is 4. The largest absolute Gasteiger partial charge is 0.493 e. The molecule has 34 heavy (non-hydrogen) atoms. The number of anilines is 1. The molecule has 0 saturated carbocycles. The molecule has 0 aromatic heterocycles. The fraction of sp³-hybridized carbons (Fsp3) is 0.273. The summed E-state index contributed by atoms with van der Waals surface area (Å²) in [6, 6.07) is 10.6. The van der Waals surface area contributed by atoms with E-state index in [-0.39, 0.29) is 59.8 Å². The Morgan fingerprint density at radius 3 is 2.32 bits per heavy atom. The molecule has 0 aliphatic heterocycles. The second-order valence-electron chi connectivity index (χ2n) is 6.60. The molecule has 0 heterocycles. The maximum atomic E-state index is 13.0. The summed E-state index contributed by atoms with van der Waals surface area (Å²) in [5, 5.41) is 0.216. The van der Waals surface area contributed by atoms with Gasteiger partial charge in [0.2, 0.25) is 0 Å². The Morgan fingerprint density at radius 2 is 1.74 bits per heavy atom. The van der Waals surface area contributed by atoms with Crippen LogP contribution < -0.4 is 20.3 Å². The Morgan fingerprint density at radius 1 is 1.03 bits per heavy atom. The molecule has 0 saturated heterocycles. The molecule has 0 spiro atoms. The predicted octanol–water partition coefficient (Wildman–Crippen LogP) is 3.57. The van der Waals surface area contributed by atoms with Crippen molar-refractivity contribution in [2.24, 2.45) is 5.73 Å². The van der Waals surface area contributed by atoms with E-state index in [1.165, 1.54) is 55.6 Å². The van der Waals surface area contributed by atoms with Crippen LogP contribution >= 0.6 is 0 Å². The van der Waals surface area contributed by atoms with Gasteiger partial charge in [-0.25, -0.2) is 9.18 Å². The van der Waals surface area contributed by atoms with E-state index in [1.54, 1.807) is 0 Å². The van der Waals surface area contributed by atoms with Gasteiger partial charge in [-0.2, -0.15) is 13.2 Å². The number of methoxy groups -OCH3 is 1. The number of hydrogen-bond acceptors (Lipinski definition) is 7. The molecule has 0 atom stereocenters. The van der Waals surface area contributed by atoms with Crippen molar-refractivity contribution in [3.05, 3.63) is 66.0 Å². The predicted molar refractivity (Wildman–Crippen MR) is 113 cm³/mol. The summed E-state index contributed by atoms with van der Waals surface area (Å²) in [6.45, 7) is 0.200. The monoisotopic (exact) mass is 486 g/mol. The molecular weight excluding hydrogens is 464 g/mol. The number of alkyl halides is 3. The Labute approximate surface area is 192 Å². The Bertz CT molecular complexity index is 996. The molecule has 0 bridgehead atoms. The van der Waals surface area contributed by atoms with Gasteiger partial charge in [0, 0.05) is 30.9 Å². The lowest BCUT2D eigenvalue weighted by molar-refractivity contribution is -0.199. The zero-order valence-corrected chi connectivity index (χ0v) is 18.0. The van der Waals surface area contributed by atoms with E-state index in [1.807, 2.05) is 0 Å². The maximum absolute atomic E-state index is 13.0. The topological polar surface area (TPSA) is 100 Å². The van der Waals surface area contributed by atoms with Crippen molar-refractivity contribution in [3.8, 4) is 11.5 Å². The molecule has 12 heteroatoms. The van der Waals surface area contributed by atoms with Gasteiger partial charge in [0.1, 0.15) is 24.7 Å². The molecule has 1 amide bonds. The highest BCUT2D eigenvalue weighted by molar-refractivity contribution is 6.06. The summed E-state index contributed by atoms with van der Waals surface area (Å²) in [5.41, 5.74) is 5.23. The van der Waals surface area contributed by atoms with Crippen molar-refractivity contribution in [1.29, 1.82) is 0 Å². The van der Waals surface area contributed by atoms with Gasteiger partial charge in [-0.3, -0.25) is 4.79 Å². The van der Waals surface area contributed by atoms with Gasteiger partial charge >= 0.3 is 12.1 Å². The third-order valence-corrected chi connectivity index (χ3v) is 4.14. The molecule has 2 N–H and O–H groups in total. The first kappa shape index (κ1) is 26.6. The van der Waals surface area contributed by atoms with E-state index in [9.17, 15) is 27.2 Å². The number of amides is 1. The highest BCUT2D eigenvalue weighted by Gasteiger charge is 2.44. The third-order valence-electron chi connectivity index (χ3n) is 4.14. The molecule has 0 aliphatic rings. The van der Waals surface area contributed by atoms with Crippen molar-refractivity contribution >= 4 is 17.6 Å². The molecule has 2 aromatic carbocycles. The van der Waals surface area contributed by atoms with Crippen LogP contribution in [0.4, 0.5) is 23.2 Å². The van der Waals surface area contributed by atoms with E-state index < -0.39 is 18.1 Å². The Hall–Kier alpha value is -3.64. The summed E-state index contributed by atoms with van der Waals surface area (Å²) >= 11 is 0. The number of hydroxylamine groups is 1. The van der Waals surface area contributed by atoms with E-state index >= 15 is 0 Å². The number of hydrogen-bond donors (Lipinski definition) is 1. The van der Waals surface area contributed by atoms with Crippen molar-refractivity contribution in [2.45, 2.75) is 6.18 Å². The van der Waals surface area contributed by atoms with Gasteiger partial charge in [0.05, 0.1) is 18.6 Å². The maximum Gasteiger partial charge on any atom is 0.493 e. The highest BCUT2D eigenvalue weighted by atomic mass is 19.4. The lowest BCUT2D eigenvalue weighted by Gasteiger charge is -2.22. The van der Waals surface area contributed by atoms with Crippen LogP contribution in [0.25, 0.3) is 0 Å². The van der Waals surface area contributed by atoms with Crippen LogP contribution in [0.2, 0.25) is 0 Å². The van der Waals surface area contributed by atoms with Crippen molar-refractivity contribution in [1.82, 2.24) is 0 Å². The summed E-state index contributed by atoms with van der Waals surface area (Å²) in [6.07, 6.45) is -5.02. The van der Waals surface area contributed by atoms with Gasteiger partial charge in [0.15, 0.2) is 0 Å². The standard InChI is InChI=1S/C22H22F4N2O6/c1-31-9-10-32-19-4-2-3-17(11-19)28(34-21(30)22(24,25)26)20(29)16-5-7-18(8-6-16)33-14-15(12-23)13-27/h2-8,11-12H,9-10,13-14,27H2,1H3/b15-12-. The highest BCUT2D eigenvalue weighted by Crippen LogP contribution is 2.26. The molecule has 8 nitrogen and oxygen atoms in total. The summed E-state index contributed by atoms with van der Waals surface area (Å²) < 4.78 is 66.6. The summed E-state index contributed by atoms with van der Waals surface area (Å²) in [7, 11) is 1.46. The molecule has 0 unspecified atom stereocenters. The van der Waals surface area contributed by atoms with Crippen molar-refractivity contribution < 1.29 is 46.2 Å². The summed E-state index contributed by atoms with van der Waals surface area (Å²) in [5.74, 6) is -3.20. The average Bonchev–Trinajstić information content (AvgIpc) is 2.82. The molecular formula is C22H22F4N2O6. The van der Waals surface area contributed by atoms with Crippen molar-refractivity contribution in [3.63, 3.8) is 0 Å². The van der Waals surface area contributed by atoms with Crippen LogP contribution in [0.15, 0.2) is 60.4 Å². The zero-order valence-electron chi connectivity index (χ0n) is 18.0. The number of nitrogens with two attached hydrogens (primary N) is 1. The third kappa shape index (κ3) is 7.74. The smallest absolute Gasteiger partial charge is 0.491 e. The normalized spacial score (nSPS) is 11.6. The van der Waals surface area contributed by atoms with E-state index in [0.717, 1.165) is 0 Å². The van der Waals surface area contributed by atoms with Gasteiger partial charge in [0.25, 0.3) is 5.91 Å². The number of nitrogens with zero attached hydrogens (tertiary/aromatic N) is 1. The van der Waals surface area contributed by atoms with Gasteiger partial charge in [-0.15, -0.1) is 5.06 Å². The van der Waals surface area contributed by atoms with Crippen LogP contribution in [-0.4, -0.2) is 51.5 Å². The minimum absolute atomic E-state index is 0.0547. The lowest BCUT2D eigenvalue weighted by atomic mass is 10.2. The molecule has 184 valence electrons. The van der Waals surface area contributed by atoms with Gasteiger partial charge < -0.3 is 24.8 Å². The molecule has 2 aromatic rings. The fourth-order valence-electron chi connectivity index (χ4n) is 2.41. The van der Waals surface area contributed by atoms with Crippen LogP contribution in [0, 0.1) is 0 Å². The SMILES string of the molecule is COCCOc1cccc(N(OC(=O)C(F)(F)F)C(=O)c2ccc(OC/C(=C\F)CN)cc2)c1. The minimum Gasteiger partial charge on any atom is -0.491 e. The molecule has 2 rings (SSSR count).